The Morgan fingerprint density at radius 1 is 1.21 bits per heavy atom. The van der Waals surface area contributed by atoms with Gasteiger partial charge in [-0.25, -0.2) is 9.18 Å². The molecule has 2 aromatic rings. The highest BCUT2D eigenvalue weighted by molar-refractivity contribution is 9.10. The number of hydrogen-bond donors (Lipinski definition) is 2. The van der Waals surface area contributed by atoms with Crippen molar-refractivity contribution < 1.29 is 23.8 Å². The summed E-state index contributed by atoms with van der Waals surface area (Å²) in [6.07, 6.45) is -1.57. The van der Waals surface area contributed by atoms with Crippen LogP contribution in [-0.4, -0.2) is 40.9 Å². The van der Waals surface area contributed by atoms with E-state index in [0.29, 0.717) is 11.0 Å². The van der Waals surface area contributed by atoms with Crippen molar-refractivity contribution in [2.45, 2.75) is 59.4 Å². The summed E-state index contributed by atoms with van der Waals surface area (Å²) in [5.41, 5.74) is 6.36. The molecule has 1 atom stereocenters. The van der Waals surface area contributed by atoms with Gasteiger partial charge in [0.15, 0.2) is 5.82 Å². The Bertz CT molecular complexity index is 932. The van der Waals surface area contributed by atoms with Crippen molar-refractivity contribution >= 4 is 27.7 Å². The SMILES string of the molecule is CC(C)CN(CC(O)Cc1c(Br)cc(OCc2ccccc2)c(N)c1F)C(=O)OC(C)(C)C. The third kappa shape index (κ3) is 8.51. The van der Waals surface area contributed by atoms with Crippen molar-refractivity contribution in [3.05, 3.63) is 57.8 Å². The fourth-order valence-corrected chi connectivity index (χ4v) is 3.79. The molecular formula is C25H34BrFN2O4. The molecule has 0 aromatic heterocycles. The number of anilines is 1. The number of amides is 1. The van der Waals surface area contributed by atoms with Crippen LogP contribution < -0.4 is 10.5 Å². The van der Waals surface area contributed by atoms with Crippen molar-refractivity contribution in [1.82, 2.24) is 4.90 Å². The number of aliphatic hydroxyl groups excluding tert-OH is 1. The molecule has 1 unspecified atom stereocenters. The minimum absolute atomic E-state index is 0.00510. The lowest BCUT2D eigenvalue weighted by Crippen LogP contribution is -2.43. The van der Waals surface area contributed by atoms with E-state index < -0.39 is 23.6 Å². The molecule has 0 fully saturated rings. The summed E-state index contributed by atoms with van der Waals surface area (Å²) in [5.74, 6) is -0.263. The van der Waals surface area contributed by atoms with E-state index in [2.05, 4.69) is 15.9 Å². The van der Waals surface area contributed by atoms with Crippen molar-refractivity contribution in [2.75, 3.05) is 18.8 Å². The number of halogens is 2. The Morgan fingerprint density at radius 2 is 1.85 bits per heavy atom. The van der Waals surface area contributed by atoms with Crippen LogP contribution >= 0.6 is 15.9 Å². The van der Waals surface area contributed by atoms with Gasteiger partial charge in [-0.1, -0.05) is 60.1 Å². The normalized spacial score (nSPS) is 12.5. The summed E-state index contributed by atoms with van der Waals surface area (Å²) >= 11 is 3.37. The van der Waals surface area contributed by atoms with E-state index >= 15 is 4.39 Å². The Kier molecular flexibility index (Phi) is 9.55. The summed E-state index contributed by atoms with van der Waals surface area (Å²) < 4.78 is 26.7. The minimum Gasteiger partial charge on any atom is -0.487 e. The van der Waals surface area contributed by atoms with Crippen LogP contribution in [0.2, 0.25) is 0 Å². The summed E-state index contributed by atoms with van der Waals surface area (Å²) in [5, 5.41) is 10.7. The van der Waals surface area contributed by atoms with Crippen LogP contribution in [-0.2, 0) is 17.8 Å². The molecule has 6 nitrogen and oxygen atoms in total. The standard InChI is InChI=1S/C25H34BrFN2O4/c1-16(2)13-29(24(31)33-25(3,4)5)14-18(30)11-19-20(26)12-21(23(28)22(19)27)32-15-17-9-7-6-8-10-17/h6-10,12,16,18,30H,11,13-15,28H2,1-5H3. The number of carbonyl (C=O) groups is 1. The van der Waals surface area contributed by atoms with Crippen LogP contribution in [0.5, 0.6) is 5.75 Å². The lowest BCUT2D eigenvalue weighted by molar-refractivity contribution is 0.0120. The van der Waals surface area contributed by atoms with Gasteiger partial charge in [-0.2, -0.15) is 0 Å². The largest absolute Gasteiger partial charge is 0.487 e. The molecule has 1 amide bonds. The third-order valence-electron chi connectivity index (χ3n) is 4.66. The van der Waals surface area contributed by atoms with Crippen molar-refractivity contribution in [1.29, 1.82) is 0 Å². The number of benzene rings is 2. The average molecular weight is 525 g/mol. The molecule has 0 saturated heterocycles. The first-order chi connectivity index (χ1) is 15.4. The van der Waals surface area contributed by atoms with Gasteiger partial charge in [0.1, 0.15) is 23.6 Å². The molecule has 0 aliphatic heterocycles. The van der Waals surface area contributed by atoms with E-state index in [1.165, 1.54) is 4.90 Å². The van der Waals surface area contributed by atoms with Gasteiger partial charge in [-0.05, 0) is 38.3 Å². The number of carbonyl (C=O) groups excluding carboxylic acids is 1. The zero-order chi connectivity index (χ0) is 24.8. The number of nitrogens with two attached hydrogens (primary N) is 1. The van der Waals surface area contributed by atoms with Gasteiger partial charge in [-0.15, -0.1) is 0 Å². The molecule has 8 heteroatoms. The molecule has 0 bridgehead atoms. The van der Waals surface area contributed by atoms with Crippen molar-refractivity contribution in [3.63, 3.8) is 0 Å². The van der Waals surface area contributed by atoms with Crippen LogP contribution in [0.25, 0.3) is 0 Å². The van der Waals surface area contributed by atoms with Crippen LogP contribution in [0.4, 0.5) is 14.9 Å². The van der Waals surface area contributed by atoms with Gasteiger partial charge in [0.2, 0.25) is 0 Å². The molecule has 182 valence electrons. The summed E-state index contributed by atoms with van der Waals surface area (Å²) in [6.45, 7) is 9.94. The molecule has 33 heavy (non-hydrogen) atoms. The summed E-state index contributed by atoms with van der Waals surface area (Å²) in [7, 11) is 0. The summed E-state index contributed by atoms with van der Waals surface area (Å²) in [6, 6.07) is 11.1. The lowest BCUT2D eigenvalue weighted by Gasteiger charge is -2.30. The van der Waals surface area contributed by atoms with E-state index in [-0.39, 0.29) is 42.5 Å². The highest BCUT2D eigenvalue weighted by atomic mass is 79.9. The van der Waals surface area contributed by atoms with E-state index in [1.54, 1.807) is 26.8 Å². The number of ether oxygens (including phenoxy) is 2. The number of aliphatic hydroxyl groups is 1. The predicted octanol–water partition coefficient (Wildman–Crippen LogP) is 5.55. The first-order valence-electron chi connectivity index (χ1n) is 11.0. The third-order valence-corrected chi connectivity index (χ3v) is 5.37. The lowest BCUT2D eigenvalue weighted by atomic mass is 10.0. The maximum absolute atomic E-state index is 15.1. The number of nitrogens with zero attached hydrogens (tertiary/aromatic N) is 1. The van der Waals surface area contributed by atoms with Gasteiger partial charge < -0.3 is 25.2 Å². The molecule has 0 saturated carbocycles. The fraction of sp³-hybridized carbons (Fsp3) is 0.480. The monoisotopic (exact) mass is 524 g/mol. The number of nitrogen functional groups attached to an aromatic ring is 1. The molecule has 0 aliphatic rings. The summed E-state index contributed by atoms with van der Waals surface area (Å²) in [4.78, 5) is 14.0. The molecule has 0 spiro atoms. The molecule has 0 aliphatic carbocycles. The highest BCUT2D eigenvalue weighted by Gasteiger charge is 2.26. The second-order valence-electron chi connectivity index (χ2n) is 9.47. The Hall–Kier alpha value is -2.32. The van der Waals surface area contributed by atoms with Gasteiger partial charge >= 0.3 is 6.09 Å². The zero-order valence-corrected chi connectivity index (χ0v) is 21.5. The van der Waals surface area contributed by atoms with Gasteiger partial charge in [-0.3, -0.25) is 0 Å². The smallest absolute Gasteiger partial charge is 0.410 e. The number of hydrogen-bond acceptors (Lipinski definition) is 5. The Morgan fingerprint density at radius 3 is 2.42 bits per heavy atom. The van der Waals surface area contributed by atoms with Crippen LogP contribution in [0.3, 0.4) is 0 Å². The fourth-order valence-electron chi connectivity index (χ4n) is 3.24. The van der Waals surface area contributed by atoms with Crippen molar-refractivity contribution in [3.8, 4) is 5.75 Å². The molecule has 0 heterocycles. The quantitative estimate of drug-likeness (QED) is 0.420. The minimum atomic E-state index is -1.02. The molecule has 0 radical (unpaired) electrons. The Balaban J connectivity index is 2.12. The maximum atomic E-state index is 15.1. The van der Waals surface area contributed by atoms with Crippen LogP contribution in [0.1, 0.15) is 45.7 Å². The number of rotatable bonds is 9. The second-order valence-corrected chi connectivity index (χ2v) is 10.3. The molecule has 3 N–H and O–H groups in total. The zero-order valence-electron chi connectivity index (χ0n) is 19.9. The molecule has 2 aromatic carbocycles. The molecular weight excluding hydrogens is 491 g/mol. The van der Waals surface area contributed by atoms with E-state index in [4.69, 9.17) is 15.2 Å². The van der Waals surface area contributed by atoms with Gasteiger partial charge in [0.05, 0.1) is 12.6 Å². The van der Waals surface area contributed by atoms with Gasteiger partial charge in [0, 0.05) is 23.0 Å². The Labute approximate surface area is 204 Å². The van der Waals surface area contributed by atoms with E-state index in [9.17, 15) is 9.90 Å². The predicted molar refractivity (Wildman–Crippen MR) is 132 cm³/mol. The second kappa shape index (κ2) is 11.7. The maximum Gasteiger partial charge on any atom is 0.410 e. The van der Waals surface area contributed by atoms with Crippen LogP contribution in [0.15, 0.2) is 40.9 Å². The highest BCUT2D eigenvalue weighted by Crippen LogP contribution is 2.34. The topological polar surface area (TPSA) is 85.0 Å². The molecule has 2 rings (SSSR count). The van der Waals surface area contributed by atoms with Crippen LogP contribution in [0, 0.1) is 11.7 Å². The van der Waals surface area contributed by atoms with E-state index in [1.807, 2.05) is 44.2 Å². The van der Waals surface area contributed by atoms with Gasteiger partial charge in [0.25, 0.3) is 0 Å². The van der Waals surface area contributed by atoms with E-state index in [0.717, 1.165) is 5.56 Å². The first kappa shape index (κ1) is 26.9. The first-order valence-corrected chi connectivity index (χ1v) is 11.8. The van der Waals surface area contributed by atoms with Crippen molar-refractivity contribution in [2.24, 2.45) is 5.92 Å². The average Bonchev–Trinajstić information content (AvgIpc) is 2.71.